The molecule has 1 N–H and O–H groups in total. The maximum absolute atomic E-state index is 12.2. The zero-order valence-electron chi connectivity index (χ0n) is 14.1. The number of likely N-dealkylation sites (N-methyl/N-ethyl adjacent to an activating group) is 1. The third kappa shape index (κ3) is 5.04. The Kier molecular flexibility index (Phi) is 6.12. The third-order valence-corrected chi connectivity index (χ3v) is 4.01. The van der Waals surface area contributed by atoms with Gasteiger partial charge in [0.1, 0.15) is 0 Å². The van der Waals surface area contributed by atoms with Crippen molar-refractivity contribution < 1.29 is 14.3 Å². The van der Waals surface area contributed by atoms with Gasteiger partial charge >= 0.3 is 0 Å². The number of morpholine rings is 1. The Balaban J connectivity index is 1.85. The van der Waals surface area contributed by atoms with Crippen molar-refractivity contribution in [3.63, 3.8) is 0 Å². The molecule has 1 aliphatic rings. The molecule has 0 radical (unpaired) electrons. The van der Waals surface area contributed by atoms with Gasteiger partial charge in [0, 0.05) is 25.8 Å². The fourth-order valence-electron chi connectivity index (χ4n) is 2.57. The van der Waals surface area contributed by atoms with Crippen molar-refractivity contribution >= 4 is 17.5 Å². The Morgan fingerprint density at radius 3 is 2.43 bits per heavy atom. The van der Waals surface area contributed by atoms with Crippen LogP contribution in [-0.2, 0) is 14.3 Å². The van der Waals surface area contributed by atoms with Gasteiger partial charge in [-0.05, 0) is 25.0 Å². The Morgan fingerprint density at radius 2 is 1.83 bits per heavy atom. The molecule has 0 aliphatic carbocycles. The molecule has 1 aliphatic heterocycles. The molecule has 2 rings (SSSR count). The van der Waals surface area contributed by atoms with E-state index in [4.69, 9.17) is 4.74 Å². The van der Waals surface area contributed by atoms with Gasteiger partial charge in [-0.1, -0.05) is 18.2 Å². The van der Waals surface area contributed by atoms with E-state index in [-0.39, 0.29) is 18.4 Å². The summed E-state index contributed by atoms with van der Waals surface area (Å²) in [5.74, 6) is -0.233. The van der Waals surface area contributed by atoms with Crippen LogP contribution in [0.2, 0.25) is 0 Å². The summed E-state index contributed by atoms with van der Waals surface area (Å²) in [6.45, 7) is 7.12. The van der Waals surface area contributed by atoms with Crippen molar-refractivity contribution in [2.75, 3.05) is 51.8 Å². The minimum Gasteiger partial charge on any atom is -0.379 e. The molecule has 6 heteroatoms. The van der Waals surface area contributed by atoms with Gasteiger partial charge in [-0.3, -0.25) is 14.5 Å². The van der Waals surface area contributed by atoms with Crippen LogP contribution < -0.4 is 5.32 Å². The van der Waals surface area contributed by atoms with Gasteiger partial charge in [-0.2, -0.15) is 0 Å². The molecular formula is C17H25N3O3. The molecule has 0 spiro atoms. The summed E-state index contributed by atoms with van der Waals surface area (Å²) in [6.07, 6.45) is 0. The minimum atomic E-state index is -0.180. The molecule has 2 amide bonds. The number of ether oxygens (including phenoxy) is 1. The van der Waals surface area contributed by atoms with E-state index in [0.29, 0.717) is 19.8 Å². The molecule has 0 atom stereocenters. The van der Waals surface area contributed by atoms with E-state index in [1.165, 1.54) is 4.90 Å². The van der Waals surface area contributed by atoms with Gasteiger partial charge in [0.25, 0.3) is 0 Å². The topological polar surface area (TPSA) is 61.9 Å². The van der Waals surface area contributed by atoms with Gasteiger partial charge < -0.3 is 15.0 Å². The Labute approximate surface area is 137 Å². The van der Waals surface area contributed by atoms with Crippen molar-refractivity contribution in [2.45, 2.75) is 13.8 Å². The number of benzene rings is 1. The largest absolute Gasteiger partial charge is 0.379 e. The molecule has 0 aromatic heterocycles. The van der Waals surface area contributed by atoms with Crippen LogP contribution in [0.25, 0.3) is 0 Å². The highest BCUT2D eigenvalue weighted by Gasteiger charge is 2.19. The van der Waals surface area contributed by atoms with Gasteiger partial charge in [0.2, 0.25) is 11.8 Å². The minimum absolute atomic E-state index is 0.0523. The average molecular weight is 319 g/mol. The first-order valence-corrected chi connectivity index (χ1v) is 7.87. The summed E-state index contributed by atoms with van der Waals surface area (Å²) >= 11 is 0. The molecule has 1 heterocycles. The molecule has 126 valence electrons. The highest BCUT2D eigenvalue weighted by atomic mass is 16.5. The van der Waals surface area contributed by atoms with E-state index in [1.54, 1.807) is 7.05 Å². The normalized spacial score (nSPS) is 15.3. The van der Waals surface area contributed by atoms with Crippen molar-refractivity contribution in [1.82, 2.24) is 9.80 Å². The van der Waals surface area contributed by atoms with Gasteiger partial charge in [0.15, 0.2) is 0 Å². The number of nitrogens with one attached hydrogen (secondary N) is 1. The highest BCUT2D eigenvalue weighted by molar-refractivity contribution is 5.95. The van der Waals surface area contributed by atoms with E-state index < -0.39 is 0 Å². The quantitative estimate of drug-likeness (QED) is 0.881. The lowest BCUT2D eigenvalue weighted by atomic mass is 10.1. The van der Waals surface area contributed by atoms with Gasteiger partial charge in [-0.25, -0.2) is 0 Å². The predicted molar refractivity (Wildman–Crippen MR) is 89.4 cm³/mol. The molecule has 1 saturated heterocycles. The summed E-state index contributed by atoms with van der Waals surface area (Å²) in [5, 5.41) is 2.90. The highest BCUT2D eigenvalue weighted by Crippen LogP contribution is 2.19. The maximum Gasteiger partial charge on any atom is 0.243 e. The summed E-state index contributed by atoms with van der Waals surface area (Å²) in [7, 11) is 1.66. The number of anilines is 1. The Bertz CT molecular complexity index is 548. The fraction of sp³-hybridized carbons (Fsp3) is 0.529. The number of para-hydroxylation sites is 1. The van der Waals surface area contributed by atoms with Crippen LogP contribution >= 0.6 is 0 Å². The lowest BCUT2D eigenvalue weighted by molar-refractivity contribution is -0.135. The number of carbonyl (C=O) groups excluding carboxylic acids is 2. The number of carbonyl (C=O) groups is 2. The van der Waals surface area contributed by atoms with Gasteiger partial charge in [-0.15, -0.1) is 0 Å². The summed E-state index contributed by atoms with van der Waals surface area (Å²) in [6, 6.07) is 5.87. The van der Waals surface area contributed by atoms with Crippen molar-refractivity contribution in [3.8, 4) is 0 Å². The molecule has 1 aromatic rings. The molecule has 0 unspecified atom stereocenters. The lowest BCUT2D eigenvalue weighted by Gasteiger charge is -2.27. The SMILES string of the molecule is Cc1cccc(C)c1NC(=O)CN(C)C(=O)CN1CCOCC1. The van der Waals surface area contributed by atoms with Crippen LogP contribution in [-0.4, -0.2) is 68.1 Å². The van der Waals surface area contributed by atoms with E-state index in [9.17, 15) is 9.59 Å². The number of rotatable bonds is 5. The molecular weight excluding hydrogens is 294 g/mol. The predicted octanol–water partition coefficient (Wildman–Crippen LogP) is 1.03. The first kappa shape index (κ1) is 17.4. The van der Waals surface area contributed by atoms with Crippen LogP contribution in [0, 0.1) is 13.8 Å². The van der Waals surface area contributed by atoms with Crippen molar-refractivity contribution in [2.24, 2.45) is 0 Å². The van der Waals surface area contributed by atoms with Crippen LogP contribution in [0.5, 0.6) is 0 Å². The number of nitrogens with zero attached hydrogens (tertiary/aromatic N) is 2. The second kappa shape index (κ2) is 8.08. The molecule has 23 heavy (non-hydrogen) atoms. The van der Waals surface area contributed by atoms with Crippen molar-refractivity contribution in [3.05, 3.63) is 29.3 Å². The van der Waals surface area contributed by atoms with E-state index >= 15 is 0 Å². The first-order valence-electron chi connectivity index (χ1n) is 7.87. The van der Waals surface area contributed by atoms with Crippen LogP contribution in [0.15, 0.2) is 18.2 Å². The third-order valence-electron chi connectivity index (χ3n) is 4.01. The molecule has 1 fully saturated rings. The van der Waals surface area contributed by atoms with Crippen LogP contribution in [0.1, 0.15) is 11.1 Å². The van der Waals surface area contributed by atoms with Crippen LogP contribution in [0.4, 0.5) is 5.69 Å². The number of aryl methyl sites for hydroxylation is 2. The lowest BCUT2D eigenvalue weighted by Crippen LogP contribution is -2.45. The molecule has 0 saturated carbocycles. The average Bonchev–Trinajstić information content (AvgIpc) is 2.52. The Morgan fingerprint density at radius 1 is 1.22 bits per heavy atom. The zero-order valence-corrected chi connectivity index (χ0v) is 14.1. The van der Waals surface area contributed by atoms with Crippen LogP contribution in [0.3, 0.4) is 0 Å². The Hall–Kier alpha value is -1.92. The summed E-state index contributed by atoms with van der Waals surface area (Å²) in [4.78, 5) is 27.9. The summed E-state index contributed by atoms with van der Waals surface area (Å²) in [5.41, 5.74) is 2.85. The molecule has 1 aromatic carbocycles. The number of hydrogen-bond donors (Lipinski definition) is 1. The van der Waals surface area contributed by atoms with E-state index in [1.807, 2.05) is 36.9 Å². The van der Waals surface area contributed by atoms with E-state index in [2.05, 4.69) is 5.32 Å². The maximum atomic E-state index is 12.2. The fourth-order valence-corrected chi connectivity index (χ4v) is 2.57. The molecule has 0 bridgehead atoms. The second-order valence-corrected chi connectivity index (χ2v) is 5.95. The second-order valence-electron chi connectivity index (χ2n) is 5.95. The van der Waals surface area contributed by atoms with Gasteiger partial charge in [0.05, 0.1) is 26.3 Å². The van der Waals surface area contributed by atoms with Crippen molar-refractivity contribution in [1.29, 1.82) is 0 Å². The summed E-state index contributed by atoms with van der Waals surface area (Å²) < 4.78 is 5.26. The van der Waals surface area contributed by atoms with E-state index in [0.717, 1.165) is 29.9 Å². The number of amides is 2. The standard InChI is InChI=1S/C17H25N3O3/c1-13-5-4-6-14(2)17(13)18-15(21)11-19(3)16(22)12-20-7-9-23-10-8-20/h4-6H,7-12H2,1-3H3,(H,18,21). The number of hydrogen-bond acceptors (Lipinski definition) is 4. The monoisotopic (exact) mass is 319 g/mol. The zero-order chi connectivity index (χ0) is 16.8. The smallest absolute Gasteiger partial charge is 0.243 e. The first-order chi connectivity index (χ1) is 11.0. The molecule has 6 nitrogen and oxygen atoms in total.